The molecule has 1 fully saturated rings. The van der Waals surface area contributed by atoms with Crippen molar-refractivity contribution >= 4 is 5.96 Å². The Morgan fingerprint density at radius 2 is 2.00 bits per heavy atom. The fourth-order valence-electron chi connectivity index (χ4n) is 1.33. The van der Waals surface area contributed by atoms with E-state index in [1.807, 2.05) is 0 Å². The van der Waals surface area contributed by atoms with E-state index >= 15 is 0 Å². The Morgan fingerprint density at radius 1 is 1.38 bits per heavy atom. The van der Waals surface area contributed by atoms with Gasteiger partial charge in [-0.1, -0.05) is 6.07 Å². The molecule has 0 heterocycles. The van der Waals surface area contributed by atoms with Crippen LogP contribution in [0.4, 0.5) is 8.78 Å². The third-order valence-corrected chi connectivity index (χ3v) is 2.40. The molecule has 0 spiro atoms. The molecule has 0 radical (unpaired) electrons. The van der Waals surface area contributed by atoms with Crippen LogP contribution in [0.3, 0.4) is 0 Å². The number of hydrogen-bond donors (Lipinski definition) is 2. The summed E-state index contributed by atoms with van der Waals surface area (Å²) in [4.78, 5) is 3.90. The van der Waals surface area contributed by atoms with E-state index in [1.54, 1.807) is 0 Å². The highest BCUT2D eigenvalue weighted by atomic mass is 19.1. The number of nitrogens with zero attached hydrogens (tertiary/aromatic N) is 1. The van der Waals surface area contributed by atoms with Gasteiger partial charge in [0.05, 0.1) is 6.54 Å². The van der Waals surface area contributed by atoms with Gasteiger partial charge in [0.1, 0.15) is 11.6 Å². The molecule has 16 heavy (non-hydrogen) atoms. The first-order valence-corrected chi connectivity index (χ1v) is 5.16. The summed E-state index contributed by atoms with van der Waals surface area (Å²) in [6, 6.07) is 4.12. The van der Waals surface area contributed by atoms with E-state index in [1.165, 1.54) is 18.2 Å². The Bertz CT molecular complexity index is 393. The molecule has 1 aromatic carbocycles. The van der Waals surface area contributed by atoms with Crippen LogP contribution in [0.1, 0.15) is 18.4 Å². The van der Waals surface area contributed by atoms with Crippen LogP contribution in [0.15, 0.2) is 23.2 Å². The highest BCUT2D eigenvalue weighted by Crippen LogP contribution is 2.18. The van der Waals surface area contributed by atoms with Gasteiger partial charge < -0.3 is 11.1 Å². The van der Waals surface area contributed by atoms with Crippen LogP contribution in [-0.4, -0.2) is 12.0 Å². The van der Waals surface area contributed by atoms with E-state index in [0.717, 1.165) is 12.8 Å². The maximum atomic E-state index is 13.2. The predicted molar refractivity (Wildman–Crippen MR) is 57.8 cm³/mol. The third kappa shape index (κ3) is 2.68. The lowest BCUT2D eigenvalue weighted by Crippen LogP contribution is -2.33. The van der Waals surface area contributed by atoms with Crippen molar-refractivity contribution in [3.05, 3.63) is 35.4 Å². The Kier molecular flexibility index (Phi) is 3.03. The molecule has 1 aromatic rings. The van der Waals surface area contributed by atoms with E-state index in [0.29, 0.717) is 6.04 Å². The van der Waals surface area contributed by atoms with E-state index in [4.69, 9.17) is 5.73 Å². The van der Waals surface area contributed by atoms with Gasteiger partial charge in [0.15, 0.2) is 5.96 Å². The van der Waals surface area contributed by atoms with Gasteiger partial charge in [-0.05, 0) is 25.0 Å². The van der Waals surface area contributed by atoms with Crippen LogP contribution in [0.25, 0.3) is 0 Å². The Labute approximate surface area is 92.4 Å². The molecule has 0 aliphatic heterocycles. The van der Waals surface area contributed by atoms with E-state index in [-0.39, 0.29) is 18.1 Å². The first-order chi connectivity index (χ1) is 7.66. The summed E-state index contributed by atoms with van der Waals surface area (Å²) in [7, 11) is 0. The minimum atomic E-state index is -0.594. The lowest BCUT2D eigenvalue weighted by molar-refractivity contribution is 0.557. The number of hydrogen-bond acceptors (Lipinski definition) is 1. The number of halogens is 2. The number of benzene rings is 1. The number of nitrogens with one attached hydrogen (secondary N) is 1. The van der Waals surface area contributed by atoms with Gasteiger partial charge in [-0.25, -0.2) is 13.8 Å². The lowest BCUT2D eigenvalue weighted by atomic mass is 10.2. The Hall–Kier alpha value is -1.65. The topological polar surface area (TPSA) is 50.4 Å². The second-order valence-electron chi connectivity index (χ2n) is 3.82. The number of guanidine groups is 1. The van der Waals surface area contributed by atoms with Crippen molar-refractivity contribution in [1.82, 2.24) is 5.32 Å². The summed E-state index contributed by atoms with van der Waals surface area (Å²) in [5, 5.41) is 2.95. The van der Waals surface area contributed by atoms with Gasteiger partial charge in [0, 0.05) is 11.6 Å². The maximum Gasteiger partial charge on any atom is 0.189 e. The van der Waals surface area contributed by atoms with E-state index < -0.39 is 11.6 Å². The van der Waals surface area contributed by atoms with Crippen molar-refractivity contribution in [2.75, 3.05) is 0 Å². The molecule has 0 saturated heterocycles. The van der Waals surface area contributed by atoms with Crippen LogP contribution in [0.2, 0.25) is 0 Å². The van der Waals surface area contributed by atoms with Crippen LogP contribution >= 0.6 is 0 Å². The lowest BCUT2D eigenvalue weighted by Gasteiger charge is -2.04. The van der Waals surface area contributed by atoms with Crippen molar-refractivity contribution < 1.29 is 8.78 Å². The molecule has 3 N–H and O–H groups in total. The molecule has 5 heteroatoms. The van der Waals surface area contributed by atoms with Gasteiger partial charge in [0.25, 0.3) is 0 Å². The minimum Gasteiger partial charge on any atom is -0.370 e. The van der Waals surface area contributed by atoms with Crippen molar-refractivity contribution in [2.24, 2.45) is 10.7 Å². The van der Waals surface area contributed by atoms with Gasteiger partial charge in [0.2, 0.25) is 0 Å². The maximum absolute atomic E-state index is 13.2. The molecule has 1 aliphatic carbocycles. The first-order valence-electron chi connectivity index (χ1n) is 5.16. The van der Waals surface area contributed by atoms with E-state index in [2.05, 4.69) is 10.3 Å². The molecule has 0 unspecified atom stereocenters. The predicted octanol–water partition coefficient (Wildman–Crippen LogP) is 1.53. The minimum absolute atomic E-state index is 0.0527. The van der Waals surface area contributed by atoms with Crippen molar-refractivity contribution in [1.29, 1.82) is 0 Å². The summed E-state index contributed by atoms with van der Waals surface area (Å²) >= 11 is 0. The fourth-order valence-corrected chi connectivity index (χ4v) is 1.33. The quantitative estimate of drug-likeness (QED) is 0.605. The van der Waals surface area contributed by atoms with Crippen LogP contribution in [-0.2, 0) is 6.54 Å². The van der Waals surface area contributed by atoms with Crippen LogP contribution in [0, 0.1) is 11.6 Å². The average molecular weight is 225 g/mol. The average Bonchev–Trinajstić information content (AvgIpc) is 3.01. The molecule has 0 bridgehead atoms. The molecule has 0 atom stereocenters. The first kappa shape index (κ1) is 10.9. The molecule has 0 aromatic heterocycles. The monoisotopic (exact) mass is 225 g/mol. The molecular weight excluding hydrogens is 212 g/mol. The smallest absolute Gasteiger partial charge is 0.189 e. The molecular formula is C11H13F2N3. The van der Waals surface area contributed by atoms with Crippen molar-refractivity contribution in [2.45, 2.75) is 25.4 Å². The Balaban J connectivity index is 2.02. The van der Waals surface area contributed by atoms with Gasteiger partial charge >= 0.3 is 0 Å². The zero-order valence-electron chi connectivity index (χ0n) is 8.71. The summed E-state index contributed by atoms with van der Waals surface area (Å²) < 4.78 is 26.4. The Morgan fingerprint density at radius 3 is 2.56 bits per heavy atom. The molecule has 3 nitrogen and oxygen atoms in total. The summed E-state index contributed by atoms with van der Waals surface area (Å²) in [6.45, 7) is -0.0793. The molecule has 0 amide bonds. The largest absolute Gasteiger partial charge is 0.370 e. The van der Waals surface area contributed by atoms with Gasteiger partial charge in [-0.2, -0.15) is 0 Å². The number of rotatable bonds is 3. The fraction of sp³-hybridized carbons (Fsp3) is 0.364. The SMILES string of the molecule is NC(=NCc1c(F)cccc1F)NC1CC1. The molecule has 86 valence electrons. The van der Waals surface area contributed by atoms with Gasteiger partial charge in [-0.3, -0.25) is 0 Å². The zero-order chi connectivity index (χ0) is 11.5. The number of aliphatic imine (C=N–C) groups is 1. The van der Waals surface area contributed by atoms with Crippen molar-refractivity contribution in [3.63, 3.8) is 0 Å². The zero-order valence-corrected chi connectivity index (χ0v) is 8.71. The van der Waals surface area contributed by atoms with Crippen LogP contribution in [0.5, 0.6) is 0 Å². The molecule has 1 saturated carbocycles. The number of nitrogens with two attached hydrogens (primary N) is 1. The summed E-state index contributed by atoms with van der Waals surface area (Å²) in [6.07, 6.45) is 2.15. The second-order valence-corrected chi connectivity index (χ2v) is 3.82. The van der Waals surface area contributed by atoms with Gasteiger partial charge in [-0.15, -0.1) is 0 Å². The molecule has 1 aliphatic rings. The highest BCUT2D eigenvalue weighted by Gasteiger charge is 2.21. The summed E-state index contributed by atoms with van der Waals surface area (Å²) in [5.41, 5.74) is 5.50. The van der Waals surface area contributed by atoms with E-state index in [9.17, 15) is 8.78 Å². The second kappa shape index (κ2) is 4.47. The summed E-state index contributed by atoms with van der Waals surface area (Å²) in [5.74, 6) is -0.948. The van der Waals surface area contributed by atoms with Crippen LogP contribution < -0.4 is 11.1 Å². The standard InChI is InChI=1S/C11H13F2N3/c12-9-2-1-3-10(13)8(9)6-15-11(14)16-7-4-5-7/h1-3,7H,4-6H2,(H3,14,15,16). The normalized spacial score (nSPS) is 16.2. The van der Waals surface area contributed by atoms with Crippen molar-refractivity contribution in [3.8, 4) is 0 Å². The molecule has 2 rings (SSSR count). The highest BCUT2D eigenvalue weighted by molar-refractivity contribution is 5.78. The third-order valence-electron chi connectivity index (χ3n) is 2.40.